The van der Waals surface area contributed by atoms with Crippen molar-refractivity contribution >= 4 is 11.8 Å². The van der Waals surface area contributed by atoms with Crippen LogP contribution in [0.15, 0.2) is 41.0 Å². The van der Waals surface area contributed by atoms with Gasteiger partial charge in [0.15, 0.2) is 17.3 Å². The molecule has 2 aliphatic rings. The molecular weight excluding hydrogens is 360 g/mol. The molecule has 2 amide bonds. The molecule has 0 saturated carbocycles. The number of carbonyl (C=O) groups excluding carboxylic acids is 2. The van der Waals surface area contributed by atoms with E-state index in [0.717, 1.165) is 17.1 Å². The van der Waals surface area contributed by atoms with E-state index in [1.807, 2.05) is 30.0 Å². The summed E-state index contributed by atoms with van der Waals surface area (Å²) in [6, 6.07) is 9.23. The van der Waals surface area contributed by atoms with Gasteiger partial charge in [-0.1, -0.05) is 13.0 Å². The van der Waals surface area contributed by atoms with Crippen LogP contribution in [0, 0.1) is 0 Å². The number of rotatable bonds is 4. The summed E-state index contributed by atoms with van der Waals surface area (Å²) in [5, 5.41) is 0. The SMILES string of the molecule is CC(CC(=O)N1CCN(C(=O)c2ccco2)CC1)c1ccc2c(c1)OCCO2. The number of piperazine rings is 1. The van der Waals surface area contributed by atoms with Crippen molar-refractivity contribution in [2.24, 2.45) is 0 Å². The summed E-state index contributed by atoms with van der Waals surface area (Å²) in [5.74, 6) is 1.89. The van der Waals surface area contributed by atoms with Crippen molar-refractivity contribution in [1.82, 2.24) is 9.80 Å². The maximum atomic E-state index is 12.7. The first-order valence-corrected chi connectivity index (χ1v) is 9.62. The molecule has 0 N–H and O–H groups in total. The van der Waals surface area contributed by atoms with Crippen LogP contribution in [0.1, 0.15) is 35.4 Å². The van der Waals surface area contributed by atoms with Crippen molar-refractivity contribution in [3.05, 3.63) is 47.9 Å². The lowest BCUT2D eigenvalue weighted by atomic mass is 9.96. The zero-order chi connectivity index (χ0) is 19.5. The fourth-order valence-corrected chi connectivity index (χ4v) is 3.59. The monoisotopic (exact) mass is 384 g/mol. The van der Waals surface area contributed by atoms with E-state index < -0.39 is 0 Å². The fraction of sp³-hybridized carbons (Fsp3) is 0.429. The fourth-order valence-electron chi connectivity index (χ4n) is 3.59. The quantitative estimate of drug-likeness (QED) is 0.810. The lowest BCUT2D eigenvalue weighted by molar-refractivity contribution is -0.133. The minimum Gasteiger partial charge on any atom is -0.486 e. The predicted octanol–water partition coefficient (Wildman–Crippen LogP) is 2.53. The van der Waals surface area contributed by atoms with Gasteiger partial charge in [-0.25, -0.2) is 0 Å². The summed E-state index contributed by atoms with van der Waals surface area (Å²) in [5.41, 5.74) is 1.06. The van der Waals surface area contributed by atoms with Crippen LogP contribution < -0.4 is 9.47 Å². The van der Waals surface area contributed by atoms with Crippen molar-refractivity contribution in [2.45, 2.75) is 19.3 Å². The Kier molecular flexibility index (Phi) is 5.23. The molecule has 4 rings (SSSR count). The topological polar surface area (TPSA) is 72.2 Å². The van der Waals surface area contributed by atoms with E-state index >= 15 is 0 Å². The van der Waals surface area contributed by atoms with E-state index in [1.165, 1.54) is 6.26 Å². The highest BCUT2D eigenvalue weighted by Gasteiger charge is 2.27. The van der Waals surface area contributed by atoms with Gasteiger partial charge in [0.25, 0.3) is 5.91 Å². The predicted molar refractivity (Wildman–Crippen MR) is 102 cm³/mol. The highest BCUT2D eigenvalue weighted by atomic mass is 16.6. The molecule has 7 nitrogen and oxygen atoms in total. The lowest BCUT2D eigenvalue weighted by Crippen LogP contribution is -2.50. The molecule has 0 radical (unpaired) electrons. The lowest BCUT2D eigenvalue weighted by Gasteiger charge is -2.35. The van der Waals surface area contributed by atoms with Crippen LogP contribution in [0.5, 0.6) is 11.5 Å². The van der Waals surface area contributed by atoms with Crippen LogP contribution in [-0.4, -0.2) is 61.0 Å². The number of ether oxygens (including phenoxy) is 2. The third-order valence-corrected chi connectivity index (χ3v) is 5.27. The Morgan fingerprint density at radius 3 is 2.43 bits per heavy atom. The molecule has 1 fully saturated rings. The number of fused-ring (bicyclic) bond motifs is 1. The number of carbonyl (C=O) groups is 2. The first-order valence-electron chi connectivity index (χ1n) is 9.62. The van der Waals surface area contributed by atoms with Gasteiger partial charge in [-0.2, -0.15) is 0 Å². The highest BCUT2D eigenvalue weighted by Crippen LogP contribution is 2.34. The maximum Gasteiger partial charge on any atom is 0.289 e. The van der Waals surface area contributed by atoms with Gasteiger partial charge >= 0.3 is 0 Å². The Morgan fingerprint density at radius 2 is 1.71 bits per heavy atom. The summed E-state index contributed by atoms with van der Waals surface area (Å²) < 4.78 is 16.4. The third kappa shape index (κ3) is 3.83. The van der Waals surface area contributed by atoms with Gasteiger partial charge in [0.1, 0.15) is 13.2 Å². The van der Waals surface area contributed by atoms with Gasteiger partial charge in [-0.15, -0.1) is 0 Å². The molecule has 148 valence electrons. The van der Waals surface area contributed by atoms with Crippen molar-refractivity contribution in [3.8, 4) is 11.5 Å². The second kappa shape index (κ2) is 7.96. The first-order chi connectivity index (χ1) is 13.6. The maximum absolute atomic E-state index is 12.7. The molecule has 28 heavy (non-hydrogen) atoms. The number of amides is 2. The summed E-state index contributed by atoms with van der Waals surface area (Å²) >= 11 is 0. The minimum atomic E-state index is -0.123. The molecule has 7 heteroatoms. The molecule has 0 spiro atoms. The van der Waals surface area contributed by atoms with Crippen molar-refractivity contribution in [1.29, 1.82) is 0 Å². The third-order valence-electron chi connectivity index (χ3n) is 5.27. The van der Waals surface area contributed by atoms with Crippen LogP contribution in [0.2, 0.25) is 0 Å². The summed E-state index contributed by atoms with van der Waals surface area (Å²) in [4.78, 5) is 28.6. The Labute approximate surface area is 163 Å². The number of nitrogens with zero attached hydrogens (tertiary/aromatic N) is 2. The molecule has 2 aromatic rings. The molecule has 0 aliphatic carbocycles. The minimum absolute atomic E-state index is 0.0751. The molecule has 1 saturated heterocycles. The standard InChI is InChI=1S/C21H24N2O5/c1-15(16-4-5-17-19(14-16)28-12-11-27-17)13-20(24)22-6-8-23(9-7-22)21(25)18-3-2-10-26-18/h2-5,10,14-15H,6-9,11-13H2,1H3. The van der Waals surface area contributed by atoms with Crippen molar-refractivity contribution in [3.63, 3.8) is 0 Å². The van der Waals surface area contributed by atoms with E-state index in [9.17, 15) is 9.59 Å². The first kappa shape index (κ1) is 18.4. The molecular formula is C21H24N2O5. The Hall–Kier alpha value is -2.96. The van der Waals surface area contributed by atoms with Crippen LogP contribution in [0.25, 0.3) is 0 Å². The molecule has 3 heterocycles. The van der Waals surface area contributed by atoms with E-state index in [-0.39, 0.29) is 17.7 Å². The number of benzene rings is 1. The Balaban J connectivity index is 1.31. The number of hydrogen-bond acceptors (Lipinski definition) is 5. The molecule has 1 unspecified atom stereocenters. The summed E-state index contributed by atoms with van der Waals surface area (Å²) in [6.07, 6.45) is 1.91. The average molecular weight is 384 g/mol. The molecule has 1 aromatic heterocycles. The second-order valence-electron chi connectivity index (χ2n) is 7.16. The largest absolute Gasteiger partial charge is 0.486 e. The zero-order valence-corrected chi connectivity index (χ0v) is 15.9. The number of furan rings is 1. The molecule has 0 bridgehead atoms. The van der Waals surface area contributed by atoms with E-state index in [4.69, 9.17) is 13.9 Å². The van der Waals surface area contributed by atoms with Crippen LogP contribution in [0.4, 0.5) is 0 Å². The summed E-state index contributed by atoms with van der Waals surface area (Å²) in [7, 11) is 0. The van der Waals surface area contributed by atoms with Gasteiger partial charge in [0.2, 0.25) is 5.91 Å². The van der Waals surface area contributed by atoms with E-state index in [2.05, 4.69) is 0 Å². The molecule has 1 aromatic carbocycles. The van der Waals surface area contributed by atoms with Gasteiger partial charge < -0.3 is 23.7 Å². The molecule has 2 aliphatic heterocycles. The smallest absolute Gasteiger partial charge is 0.289 e. The summed E-state index contributed by atoms with van der Waals surface area (Å²) in [6.45, 7) is 5.27. The second-order valence-corrected chi connectivity index (χ2v) is 7.16. The average Bonchev–Trinajstić information content (AvgIpc) is 3.28. The van der Waals surface area contributed by atoms with Gasteiger partial charge in [0, 0.05) is 32.6 Å². The van der Waals surface area contributed by atoms with Crippen LogP contribution >= 0.6 is 0 Å². The van der Waals surface area contributed by atoms with E-state index in [0.29, 0.717) is 51.6 Å². The zero-order valence-electron chi connectivity index (χ0n) is 15.9. The molecule has 1 atom stereocenters. The van der Waals surface area contributed by atoms with Gasteiger partial charge in [-0.05, 0) is 35.7 Å². The van der Waals surface area contributed by atoms with Crippen LogP contribution in [-0.2, 0) is 4.79 Å². The van der Waals surface area contributed by atoms with Crippen molar-refractivity contribution in [2.75, 3.05) is 39.4 Å². The number of hydrogen-bond donors (Lipinski definition) is 0. The Bertz CT molecular complexity index is 840. The van der Waals surface area contributed by atoms with Crippen LogP contribution in [0.3, 0.4) is 0 Å². The van der Waals surface area contributed by atoms with Gasteiger partial charge in [0.05, 0.1) is 6.26 Å². The van der Waals surface area contributed by atoms with E-state index in [1.54, 1.807) is 17.0 Å². The highest BCUT2D eigenvalue weighted by molar-refractivity contribution is 5.91. The van der Waals surface area contributed by atoms with Gasteiger partial charge in [-0.3, -0.25) is 9.59 Å². The Morgan fingerprint density at radius 1 is 1.00 bits per heavy atom. The normalized spacial score (nSPS) is 17.3. The van der Waals surface area contributed by atoms with Crippen molar-refractivity contribution < 1.29 is 23.5 Å².